The minimum Gasteiger partial charge on any atom is -0.497 e. The fourth-order valence-corrected chi connectivity index (χ4v) is 6.68. The number of hydrogen-bond donors (Lipinski definition) is 1. The molecule has 1 amide bonds. The molecule has 230 valence electrons. The van der Waals surface area contributed by atoms with Gasteiger partial charge in [-0.15, -0.1) is 0 Å². The van der Waals surface area contributed by atoms with Crippen LogP contribution < -0.4 is 15.0 Å². The van der Waals surface area contributed by atoms with Gasteiger partial charge >= 0.3 is 5.97 Å². The van der Waals surface area contributed by atoms with Crippen LogP contribution in [-0.4, -0.2) is 71.1 Å². The summed E-state index contributed by atoms with van der Waals surface area (Å²) in [5, 5.41) is 3.34. The number of esters is 1. The smallest absolute Gasteiger partial charge is 0.309 e. The molecule has 1 N–H and O–H groups in total. The second-order valence-electron chi connectivity index (χ2n) is 11.0. The predicted molar refractivity (Wildman–Crippen MR) is 164 cm³/mol. The SMILES string of the molecule is CCOC(=O)C1CCN(c2cnc(C(=O)Nc3nc(-c4cc(CF)cc(OC)c4)c(CN4CCCC[C@H]4C)s3)cn2)CC1. The van der Waals surface area contributed by atoms with Gasteiger partial charge in [-0.05, 0) is 69.8 Å². The van der Waals surface area contributed by atoms with Crippen molar-refractivity contribution in [2.75, 3.05) is 43.6 Å². The maximum Gasteiger partial charge on any atom is 0.309 e. The molecule has 1 atom stereocenters. The van der Waals surface area contributed by atoms with Gasteiger partial charge in [-0.1, -0.05) is 17.8 Å². The zero-order valence-corrected chi connectivity index (χ0v) is 25.8. The number of alkyl halides is 1. The van der Waals surface area contributed by atoms with Crippen LogP contribution in [-0.2, 0) is 22.8 Å². The molecule has 10 nitrogen and oxygen atoms in total. The average molecular weight is 611 g/mol. The van der Waals surface area contributed by atoms with Gasteiger partial charge in [0.1, 0.15) is 23.9 Å². The molecule has 0 aliphatic carbocycles. The Morgan fingerprint density at radius 1 is 1.09 bits per heavy atom. The first kappa shape index (κ1) is 30.8. The van der Waals surface area contributed by atoms with Gasteiger partial charge in [-0.2, -0.15) is 0 Å². The number of nitrogens with one attached hydrogen (secondary N) is 1. The van der Waals surface area contributed by atoms with Crippen LogP contribution in [0.3, 0.4) is 0 Å². The van der Waals surface area contributed by atoms with Crippen molar-refractivity contribution in [2.24, 2.45) is 5.92 Å². The van der Waals surface area contributed by atoms with Crippen LogP contribution in [0, 0.1) is 5.92 Å². The summed E-state index contributed by atoms with van der Waals surface area (Å²) in [4.78, 5) is 44.4. The Kier molecular flexibility index (Phi) is 10.2. The third-order valence-corrected chi connectivity index (χ3v) is 9.10. The van der Waals surface area contributed by atoms with Crippen LogP contribution >= 0.6 is 11.3 Å². The van der Waals surface area contributed by atoms with Gasteiger partial charge in [0.2, 0.25) is 0 Å². The largest absolute Gasteiger partial charge is 0.497 e. The normalized spacial score (nSPS) is 18.0. The van der Waals surface area contributed by atoms with Crippen molar-refractivity contribution in [3.8, 4) is 17.0 Å². The minimum atomic E-state index is -0.617. The molecule has 0 saturated carbocycles. The van der Waals surface area contributed by atoms with E-state index in [0.717, 1.165) is 29.8 Å². The van der Waals surface area contributed by atoms with Crippen molar-refractivity contribution in [1.82, 2.24) is 19.9 Å². The van der Waals surface area contributed by atoms with E-state index in [0.29, 0.717) is 73.1 Å². The van der Waals surface area contributed by atoms with Crippen molar-refractivity contribution in [2.45, 2.75) is 65.2 Å². The summed E-state index contributed by atoms with van der Waals surface area (Å²) in [6.07, 6.45) is 7.93. The van der Waals surface area contributed by atoms with Crippen LogP contribution in [0.15, 0.2) is 30.6 Å². The standard InChI is InChI=1S/C31H39FN6O4S/c1-4-42-30(40)22-8-11-37(12-9-22)27-18-33-25(17-34-27)29(39)36-31-35-28(23-13-21(16-32)14-24(15-23)41-3)26(43-31)19-38-10-6-5-7-20(38)2/h13-15,17-18,20,22H,4-12,16,19H2,1-3H3,(H,35,36,39)/t20-/m1/s1. The molecule has 2 aliphatic rings. The van der Waals surface area contributed by atoms with Crippen molar-refractivity contribution >= 4 is 34.2 Å². The molecular formula is C31H39FN6O4S. The first-order valence-corrected chi connectivity index (χ1v) is 15.7. The van der Waals surface area contributed by atoms with Crippen LogP contribution in [0.2, 0.25) is 0 Å². The number of thiazole rings is 1. The number of anilines is 2. The summed E-state index contributed by atoms with van der Waals surface area (Å²) in [5.74, 6) is 0.569. The van der Waals surface area contributed by atoms with E-state index in [1.807, 2.05) is 13.0 Å². The predicted octanol–water partition coefficient (Wildman–Crippen LogP) is 5.48. The van der Waals surface area contributed by atoms with E-state index >= 15 is 0 Å². The molecule has 0 bridgehead atoms. The number of carbonyl (C=O) groups excluding carboxylic acids is 2. The summed E-state index contributed by atoms with van der Waals surface area (Å²) >= 11 is 1.42. The van der Waals surface area contributed by atoms with Gasteiger partial charge in [0.25, 0.3) is 5.91 Å². The Bertz CT molecular complexity index is 1390. The lowest BCUT2D eigenvalue weighted by atomic mass is 9.97. The van der Waals surface area contributed by atoms with E-state index in [4.69, 9.17) is 14.5 Å². The van der Waals surface area contributed by atoms with Gasteiger partial charge < -0.3 is 14.4 Å². The van der Waals surface area contributed by atoms with Crippen LogP contribution in [0.4, 0.5) is 15.3 Å². The summed E-state index contributed by atoms with van der Waals surface area (Å²) < 4.78 is 24.3. The first-order valence-electron chi connectivity index (χ1n) is 14.9. The topological polar surface area (TPSA) is 110 Å². The molecule has 12 heteroatoms. The molecule has 2 fully saturated rings. The fourth-order valence-electron chi connectivity index (χ4n) is 5.67. The Morgan fingerprint density at radius 3 is 2.58 bits per heavy atom. The summed E-state index contributed by atoms with van der Waals surface area (Å²) in [5.41, 5.74) is 2.14. The van der Waals surface area contributed by atoms with Crippen molar-refractivity contribution in [3.05, 3.63) is 46.7 Å². The molecule has 5 rings (SSSR count). The number of nitrogens with zero attached hydrogens (tertiary/aromatic N) is 5. The number of halogens is 1. The lowest BCUT2D eigenvalue weighted by molar-refractivity contribution is -0.148. The maximum absolute atomic E-state index is 13.7. The van der Waals surface area contributed by atoms with Gasteiger partial charge in [-0.3, -0.25) is 19.8 Å². The van der Waals surface area contributed by atoms with Gasteiger partial charge in [-0.25, -0.2) is 19.3 Å². The molecule has 2 aliphatic heterocycles. The second-order valence-corrected chi connectivity index (χ2v) is 12.1. The molecule has 2 aromatic heterocycles. The number of rotatable bonds is 10. The minimum absolute atomic E-state index is 0.0963. The van der Waals surface area contributed by atoms with Gasteiger partial charge in [0.15, 0.2) is 5.13 Å². The highest BCUT2D eigenvalue weighted by Crippen LogP contribution is 2.36. The zero-order chi connectivity index (χ0) is 30.3. The van der Waals surface area contributed by atoms with E-state index in [1.54, 1.807) is 25.4 Å². The molecule has 0 unspecified atom stereocenters. The zero-order valence-electron chi connectivity index (χ0n) is 25.0. The lowest BCUT2D eigenvalue weighted by Gasteiger charge is -2.33. The average Bonchev–Trinajstić information content (AvgIpc) is 3.44. The number of piperidine rings is 2. The summed E-state index contributed by atoms with van der Waals surface area (Å²) in [6.45, 7) is 6.83. The number of methoxy groups -OCH3 is 1. The second kappa shape index (κ2) is 14.2. The van der Waals surface area contributed by atoms with Crippen LogP contribution in [0.5, 0.6) is 5.75 Å². The monoisotopic (exact) mass is 610 g/mol. The van der Waals surface area contributed by atoms with Crippen LogP contribution in [0.1, 0.15) is 66.9 Å². The third-order valence-electron chi connectivity index (χ3n) is 8.14. The summed E-state index contributed by atoms with van der Waals surface area (Å²) in [6, 6.07) is 5.75. The van der Waals surface area contributed by atoms with Gasteiger partial charge in [0.05, 0.1) is 37.7 Å². The van der Waals surface area contributed by atoms with E-state index < -0.39 is 12.6 Å². The lowest BCUT2D eigenvalue weighted by Crippen LogP contribution is -2.37. The van der Waals surface area contributed by atoms with Crippen molar-refractivity contribution in [1.29, 1.82) is 0 Å². The maximum atomic E-state index is 13.7. The Morgan fingerprint density at radius 2 is 1.91 bits per heavy atom. The molecule has 3 aromatic rings. The van der Waals surface area contributed by atoms with E-state index in [9.17, 15) is 14.0 Å². The molecule has 2 saturated heterocycles. The molecular weight excluding hydrogens is 571 g/mol. The molecule has 1 aromatic carbocycles. The third kappa shape index (κ3) is 7.48. The van der Waals surface area contributed by atoms with Gasteiger partial charge in [0, 0.05) is 36.1 Å². The molecule has 43 heavy (non-hydrogen) atoms. The fraction of sp³-hybridized carbons (Fsp3) is 0.516. The van der Waals surface area contributed by atoms with E-state index in [2.05, 4.69) is 32.0 Å². The highest BCUT2D eigenvalue weighted by molar-refractivity contribution is 7.16. The highest BCUT2D eigenvalue weighted by atomic mass is 32.1. The number of ether oxygens (including phenoxy) is 2. The Balaban J connectivity index is 1.31. The molecule has 4 heterocycles. The quantitative estimate of drug-likeness (QED) is 0.298. The van der Waals surface area contributed by atoms with Crippen molar-refractivity contribution < 1.29 is 23.5 Å². The van der Waals surface area contributed by atoms with Crippen molar-refractivity contribution in [3.63, 3.8) is 0 Å². The Labute approximate surface area is 255 Å². The number of hydrogen-bond acceptors (Lipinski definition) is 10. The number of likely N-dealkylation sites (tertiary alicyclic amines) is 1. The Hall–Kier alpha value is -3.64. The highest BCUT2D eigenvalue weighted by Gasteiger charge is 2.27. The van der Waals surface area contributed by atoms with E-state index in [-0.39, 0.29) is 17.6 Å². The number of amides is 1. The first-order chi connectivity index (χ1) is 20.9. The molecule has 0 spiro atoms. The van der Waals surface area contributed by atoms with E-state index in [1.165, 1.54) is 24.0 Å². The number of benzene rings is 1. The van der Waals surface area contributed by atoms with Crippen LogP contribution in [0.25, 0.3) is 11.3 Å². The number of aromatic nitrogens is 3. The molecule has 0 radical (unpaired) electrons. The summed E-state index contributed by atoms with van der Waals surface area (Å²) in [7, 11) is 1.56. The number of carbonyl (C=O) groups is 2.